The number of carbonyl (C=O) groups excluding carboxylic acids is 1. The first-order valence-electron chi connectivity index (χ1n) is 7.71. The van der Waals surface area contributed by atoms with Gasteiger partial charge in [-0.15, -0.1) is 0 Å². The monoisotopic (exact) mass is 268 g/mol. The Morgan fingerprint density at radius 1 is 1.05 bits per heavy atom. The lowest BCUT2D eigenvalue weighted by Gasteiger charge is -2.15. The van der Waals surface area contributed by atoms with Gasteiger partial charge in [-0.25, -0.2) is 0 Å². The van der Waals surface area contributed by atoms with Crippen LogP contribution < -0.4 is 0 Å². The number of hydrogen-bond acceptors (Lipinski definition) is 1. The molecule has 2 aromatic carbocycles. The van der Waals surface area contributed by atoms with E-state index in [1.807, 2.05) is 18.2 Å². The molecule has 0 N–H and O–H groups in total. The van der Waals surface area contributed by atoms with Crippen LogP contribution in [0.4, 0.5) is 0 Å². The minimum absolute atomic E-state index is 0.168. The number of rotatable bonds is 6. The summed E-state index contributed by atoms with van der Waals surface area (Å²) in [6.45, 7) is 6.40. The van der Waals surface area contributed by atoms with Gasteiger partial charge in [-0.1, -0.05) is 63.1 Å². The zero-order valence-electron chi connectivity index (χ0n) is 12.8. The van der Waals surface area contributed by atoms with E-state index in [-0.39, 0.29) is 5.92 Å². The molecule has 1 atom stereocenters. The summed E-state index contributed by atoms with van der Waals surface area (Å²) in [7, 11) is 0. The number of unbranched alkanes of at least 4 members (excludes halogenated alkanes) is 1. The van der Waals surface area contributed by atoms with Crippen molar-refractivity contribution in [1.29, 1.82) is 0 Å². The average molecular weight is 268 g/mol. The number of carbonyl (C=O) groups is 1. The van der Waals surface area contributed by atoms with Gasteiger partial charge in [0.15, 0.2) is 5.78 Å². The number of benzene rings is 2. The number of ketones is 1. The van der Waals surface area contributed by atoms with Crippen LogP contribution in [0.5, 0.6) is 0 Å². The van der Waals surface area contributed by atoms with Gasteiger partial charge in [0.2, 0.25) is 0 Å². The molecule has 20 heavy (non-hydrogen) atoms. The van der Waals surface area contributed by atoms with E-state index in [1.165, 1.54) is 10.9 Å². The molecule has 0 saturated heterocycles. The summed E-state index contributed by atoms with van der Waals surface area (Å²) in [6, 6.07) is 12.3. The van der Waals surface area contributed by atoms with Crippen molar-refractivity contribution in [3.63, 3.8) is 0 Å². The van der Waals surface area contributed by atoms with Crippen LogP contribution in [0.1, 0.15) is 55.5 Å². The van der Waals surface area contributed by atoms with E-state index >= 15 is 0 Å². The lowest BCUT2D eigenvalue weighted by atomic mass is 9.87. The second kappa shape index (κ2) is 6.69. The van der Waals surface area contributed by atoms with Gasteiger partial charge in [0.1, 0.15) is 0 Å². The Balaban J connectivity index is 2.41. The third-order valence-electron chi connectivity index (χ3n) is 4.18. The van der Waals surface area contributed by atoms with Gasteiger partial charge >= 0.3 is 0 Å². The summed E-state index contributed by atoms with van der Waals surface area (Å²) < 4.78 is 0. The Labute approximate surface area is 122 Å². The summed E-state index contributed by atoms with van der Waals surface area (Å²) in [4.78, 5) is 12.8. The molecule has 0 aliphatic heterocycles. The summed E-state index contributed by atoms with van der Waals surface area (Å²) in [6.07, 6.45) is 4.22. The first-order valence-corrected chi connectivity index (χ1v) is 7.71. The van der Waals surface area contributed by atoms with Gasteiger partial charge in [0.05, 0.1) is 0 Å². The van der Waals surface area contributed by atoms with Crippen molar-refractivity contribution in [2.45, 2.75) is 46.5 Å². The van der Waals surface area contributed by atoms with Crippen molar-refractivity contribution in [2.75, 3.05) is 0 Å². The van der Waals surface area contributed by atoms with E-state index in [2.05, 4.69) is 39.0 Å². The molecule has 106 valence electrons. The van der Waals surface area contributed by atoms with Crippen LogP contribution >= 0.6 is 0 Å². The minimum Gasteiger partial charge on any atom is -0.294 e. The molecule has 1 heteroatoms. The Kier molecular flexibility index (Phi) is 4.94. The summed E-state index contributed by atoms with van der Waals surface area (Å²) in [5.41, 5.74) is 2.13. The predicted molar refractivity (Wildman–Crippen MR) is 86.3 cm³/mol. The molecule has 0 saturated carbocycles. The van der Waals surface area contributed by atoms with Crippen molar-refractivity contribution in [2.24, 2.45) is 5.92 Å². The molecule has 0 aromatic heterocycles. The molecule has 0 heterocycles. The van der Waals surface area contributed by atoms with Crippen molar-refractivity contribution in [3.05, 3.63) is 47.5 Å². The van der Waals surface area contributed by atoms with Crippen LogP contribution in [0.2, 0.25) is 0 Å². The Morgan fingerprint density at radius 3 is 2.40 bits per heavy atom. The highest BCUT2D eigenvalue weighted by Crippen LogP contribution is 2.27. The Hall–Kier alpha value is -1.63. The third kappa shape index (κ3) is 2.92. The Bertz CT molecular complexity index is 598. The van der Waals surface area contributed by atoms with E-state index in [4.69, 9.17) is 0 Å². The van der Waals surface area contributed by atoms with Gasteiger partial charge in [0, 0.05) is 11.5 Å². The van der Waals surface area contributed by atoms with E-state index in [0.717, 1.165) is 36.6 Å². The molecule has 0 fully saturated rings. The van der Waals surface area contributed by atoms with E-state index < -0.39 is 0 Å². The molecule has 0 aliphatic rings. The van der Waals surface area contributed by atoms with Crippen LogP contribution in [0.3, 0.4) is 0 Å². The Morgan fingerprint density at radius 2 is 1.75 bits per heavy atom. The standard InChI is InChI=1S/C19H24O/c1-4-6-9-15(5-2)19(20)18-13-12-14(3)16-10-7-8-11-17(16)18/h7-8,10-13,15H,4-6,9H2,1-3H3. The van der Waals surface area contributed by atoms with Crippen molar-refractivity contribution < 1.29 is 4.79 Å². The lowest BCUT2D eigenvalue weighted by molar-refractivity contribution is 0.0910. The molecule has 0 radical (unpaired) electrons. The number of Topliss-reactive ketones (excluding diaryl/α,β-unsaturated/α-hetero) is 1. The highest BCUT2D eigenvalue weighted by atomic mass is 16.1. The topological polar surface area (TPSA) is 17.1 Å². The average Bonchev–Trinajstić information content (AvgIpc) is 2.48. The maximum absolute atomic E-state index is 12.8. The van der Waals surface area contributed by atoms with E-state index in [0.29, 0.717) is 5.78 Å². The quantitative estimate of drug-likeness (QED) is 0.628. The second-order valence-corrected chi connectivity index (χ2v) is 5.59. The molecule has 0 spiro atoms. The fraction of sp³-hybridized carbons (Fsp3) is 0.421. The van der Waals surface area contributed by atoms with Crippen LogP contribution in [-0.2, 0) is 0 Å². The predicted octanol–water partition coefficient (Wildman–Crippen LogP) is 5.55. The SMILES string of the molecule is CCCCC(CC)C(=O)c1ccc(C)c2ccccc12. The molecule has 0 aliphatic carbocycles. The third-order valence-corrected chi connectivity index (χ3v) is 4.18. The maximum atomic E-state index is 12.8. The van der Waals surface area contributed by atoms with Crippen molar-refractivity contribution >= 4 is 16.6 Å². The van der Waals surface area contributed by atoms with Crippen LogP contribution in [0.15, 0.2) is 36.4 Å². The fourth-order valence-electron chi connectivity index (χ4n) is 2.86. The van der Waals surface area contributed by atoms with Gasteiger partial charge in [-0.3, -0.25) is 4.79 Å². The van der Waals surface area contributed by atoms with Crippen LogP contribution in [-0.4, -0.2) is 5.78 Å². The molecule has 1 unspecified atom stereocenters. The molecule has 2 aromatic rings. The summed E-state index contributed by atoms with van der Waals surface area (Å²) in [5.74, 6) is 0.484. The molecular weight excluding hydrogens is 244 g/mol. The van der Waals surface area contributed by atoms with E-state index in [1.54, 1.807) is 0 Å². The largest absolute Gasteiger partial charge is 0.294 e. The summed E-state index contributed by atoms with van der Waals surface area (Å²) >= 11 is 0. The second-order valence-electron chi connectivity index (χ2n) is 5.59. The van der Waals surface area contributed by atoms with Gasteiger partial charge < -0.3 is 0 Å². The zero-order valence-corrected chi connectivity index (χ0v) is 12.8. The molecule has 0 amide bonds. The fourth-order valence-corrected chi connectivity index (χ4v) is 2.86. The van der Waals surface area contributed by atoms with E-state index in [9.17, 15) is 4.79 Å². The first-order chi connectivity index (χ1) is 9.69. The zero-order chi connectivity index (χ0) is 14.5. The minimum atomic E-state index is 0.168. The van der Waals surface area contributed by atoms with Gasteiger partial charge in [-0.05, 0) is 36.1 Å². The number of aryl methyl sites for hydroxylation is 1. The normalized spacial score (nSPS) is 12.6. The highest BCUT2D eigenvalue weighted by Gasteiger charge is 2.19. The van der Waals surface area contributed by atoms with Gasteiger partial charge in [0.25, 0.3) is 0 Å². The number of hydrogen-bond donors (Lipinski definition) is 0. The molecular formula is C19H24O. The molecule has 2 rings (SSSR count). The molecule has 1 nitrogen and oxygen atoms in total. The summed E-state index contributed by atoms with van der Waals surface area (Å²) in [5, 5.41) is 2.30. The van der Waals surface area contributed by atoms with Crippen LogP contribution in [0, 0.1) is 12.8 Å². The van der Waals surface area contributed by atoms with Crippen LogP contribution in [0.25, 0.3) is 10.8 Å². The van der Waals surface area contributed by atoms with Crippen molar-refractivity contribution in [3.8, 4) is 0 Å². The smallest absolute Gasteiger partial charge is 0.166 e. The molecule has 0 bridgehead atoms. The highest BCUT2D eigenvalue weighted by molar-refractivity contribution is 6.09. The van der Waals surface area contributed by atoms with Crippen molar-refractivity contribution in [1.82, 2.24) is 0 Å². The maximum Gasteiger partial charge on any atom is 0.166 e. The first kappa shape index (κ1) is 14.8. The lowest BCUT2D eigenvalue weighted by Crippen LogP contribution is -2.14. The van der Waals surface area contributed by atoms with Gasteiger partial charge in [-0.2, -0.15) is 0 Å². The number of fused-ring (bicyclic) bond motifs is 1.